The second kappa shape index (κ2) is 20.9. The van der Waals surface area contributed by atoms with E-state index in [1.165, 1.54) is 48.6 Å². The van der Waals surface area contributed by atoms with Crippen LogP contribution in [-0.4, -0.2) is 57.4 Å². The van der Waals surface area contributed by atoms with E-state index in [0.717, 1.165) is 45.7 Å². The van der Waals surface area contributed by atoms with Gasteiger partial charge >= 0.3 is 6.03 Å². The summed E-state index contributed by atoms with van der Waals surface area (Å²) in [7, 11) is -1.46. The van der Waals surface area contributed by atoms with Gasteiger partial charge in [0.15, 0.2) is 8.24 Å². The van der Waals surface area contributed by atoms with Crippen LogP contribution in [0.5, 0.6) is 0 Å². The normalized spacial score (nSPS) is 14.6. The second-order valence-electron chi connectivity index (χ2n) is 14.8. The molecule has 1 saturated heterocycles. The van der Waals surface area contributed by atoms with E-state index >= 15 is 0 Å². The fourth-order valence-electron chi connectivity index (χ4n) is 7.19. The van der Waals surface area contributed by atoms with Crippen LogP contribution in [0.1, 0.15) is 67.9 Å². The molecule has 2 N–H and O–H groups in total. The molecule has 2 amide bonds. The fourth-order valence-corrected chi connectivity index (χ4v) is 7.72. The molecule has 292 valence electrons. The van der Waals surface area contributed by atoms with Gasteiger partial charge in [0.2, 0.25) is 6.08 Å². The smallest absolute Gasteiger partial charge is 0.314 e. The van der Waals surface area contributed by atoms with E-state index in [1.54, 1.807) is 11.0 Å². The molecule has 14 heteroatoms. The fraction of sp³-hybridized carbons (Fsp3) is 0.333. The van der Waals surface area contributed by atoms with Gasteiger partial charge in [-0.25, -0.2) is 14.2 Å². The number of urea groups is 1. The van der Waals surface area contributed by atoms with Crippen LogP contribution < -0.4 is 5.73 Å². The van der Waals surface area contributed by atoms with Crippen molar-refractivity contribution in [1.29, 1.82) is 0 Å². The summed E-state index contributed by atoms with van der Waals surface area (Å²) in [5.74, 6) is 0.987. The van der Waals surface area contributed by atoms with Crippen LogP contribution in [-0.2, 0) is 46.9 Å². The van der Waals surface area contributed by atoms with Gasteiger partial charge in [-0.2, -0.15) is 0 Å². The van der Waals surface area contributed by atoms with Crippen LogP contribution in [0.3, 0.4) is 0 Å². The van der Waals surface area contributed by atoms with E-state index in [-0.39, 0.29) is 48.2 Å². The SMILES string of the molecule is C[Si](C)(C)N=C=O.Clc1ccc(-n2[c-]c(C3CCCCC3)c3ccncc32)cc1.NC(=O)N1CCC(c2[c-]n(-c3ccc(Cl)cc3)c3cnccc23)CC1.[W].[W]. The molecule has 2 aliphatic rings. The molecule has 9 nitrogen and oxygen atoms in total. The Hall–Kier alpha value is -3.36. The summed E-state index contributed by atoms with van der Waals surface area (Å²) in [6.45, 7) is 7.33. The predicted octanol–water partition coefficient (Wildman–Crippen LogP) is 10.4. The number of likely N-dealkylation sites (tertiary alicyclic amines) is 1. The van der Waals surface area contributed by atoms with Crippen molar-refractivity contribution in [3.8, 4) is 11.4 Å². The number of pyridine rings is 2. The number of carbonyl (C=O) groups is 1. The third-order valence-electron chi connectivity index (χ3n) is 9.91. The number of hydrogen-bond acceptors (Lipinski definition) is 5. The molecule has 0 radical (unpaired) electrons. The molecule has 1 aliphatic carbocycles. The number of nitrogens with zero attached hydrogens (tertiary/aromatic N) is 6. The molecule has 4 aromatic heterocycles. The van der Waals surface area contributed by atoms with Crippen molar-refractivity contribution in [2.75, 3.05) is 13.1 Å². The van der Waals surface area contributed by atoms with Crippen LogP contribution in [0.2, 0.25) is 29.7 Å². The molecule has 0 spiro atoms. The number of piperidine rings is 1. The number of fused-ring (bicyclic) bond motifs is 2. The molecule has 0 unspecified atom stereocenters. The maximum Gasteiger partial charge on any atom is 0.314 e. The summed E-state index contributed by atoms with van der Waals surface area (Å²) < 4.78 is 7.75. The Morgan fingerprint density at radius 2 is 1.16 bits per heavy atom. The van der Waals surface area contributed by atoms with Gasteiger partial charge < -0.3 is 19.8 Å². The molecule has 56 heavy (non-hydrogen) atoms. The van der Waals surface area contributed by atoms with Crippen LogP contribution in [0.4, 0.5) is 4.79 Å². The van der Waals surface area contributed by atoms with E-state index in [2.05, 4.69) is 37.7 Å². The predicted molar refractivity (Wildman–Crippen MR) is 220 cm³/mol. The number of nitrogens with two attached hydrogens (primary N) is 1. The largest absolute Gasteiger partial charge is 0.442 e. The Morgan fingerprint density at radius 1 is 0.732 bits per heavy atom. The molecule has 5 heterocycles. The van der Waals surface area contributed by atoms with Crippen LogP contribution in [0, 0.1) is 12.4 Å². The first-order chi connectivity index (χ1) is 26.0. The van der Waals surface area contributed by atoms with Gasteiger partial charge in [0.25, 0.3) is 0 Å². The van der Waals surface area contributed by atoms with Crippen molar-refractivity contribution in [2.24, 2.45) is 10.4 Å². The van der Waals surface area contributed by atoms with Crippen molar-refractivity contribution in [1.82, 2.24) is 24.0 Å². The van der Waals surface area contributed by atoms with E-state index in [0.29, 0.717) is 29.9 Å². The van der Waals surface area contributed by atoms with Crippen LogP contribution in [0.25, 0.3) is 33.2 Å². The minimum Gasteiger partial charge on any atom is -0.442 e. The molecule has 0 atom stereocenters. The first kappa shape index (κ1) is 45.3. The van der Waals surface area contributed by atoms with E-state index in [9.17, 15) is 9.59 Å². The molecular weight excluding hydrogens is 1100 g/mol. The van der Waals surface area contributed by atoms with Gasteiger partial charge in [-0.3, -0.25) is 9.97 Å². The number of isocyanates is 1. The maximum atomic E-state index is 11.3. The molecule has 8 rings (SSSR count). The number of aromatic nitrogens is 4. The zero-order valence-electron chi connectivity index (χ0n) is 31.8. The van der Waals surface area contributed by atoms with Crippen LogP contribution >= 0.6 is 23.2 Å². The number of amides is 2. The van der Waals surface area contributed by atoms with Crippen molar-refractivity contribution in [3.05, 3.63) is 119 Å². The summed E-state index contributed by atoms with van der Waals surface area (Å²) in [5.41, 5.74) is 12.2. The molecule has 1 aliphatic heterocycles. The van der Waals surface area contributed by atoms with Crippen molar-refractivity contribution < 1.29 is 51.7 Å². The number of rotatable bonds is 5. The third kappa shape index (κ3) is 11.4. The quantitative estimate of drug-likeness (QED) is 0.0802. The Bertz CT molecular complexity index is 2240. The third-order valence-corrected chi connectivity index (χ3v) is 11.2. The van der Waals surface area contributed by atoms with Gasteiger partial charge in [-0.05, 0) is 68.5 Å². The van der Waals surface area contributed by atoms with Gasteiger partial charge in [0, 0.05) is 90.1 Å². The molecule has 2 aromatic carbocycles. The summed E-state index contributed by atoms with van der Waals surface area (Å²) >= 11 is 12.0. The Balaban J connectivity index is 0.000000208. The average Bonchev–Trinajstić information content (AvgIpc) is 3.76. The first-order valence-corrected chi connectivity index (χ1v) is 22.6. The Morgan fingerprint density at radius 3 is 1.54 bits per heavy atom. The minimum atomic E-state index is -1.46. The standard InChI is InChI=1S/C19H18ClN4O.C19H18ClN2.C4H9NOSi.2W/c20-14-1-3-15(4-2-14)24-12-17(16-5-8-22-11-18(16)24)13-6-9-23(10-7-13)19(21)25;20-15-6-8-16(9-7-15)22-13-18(14-4-2-1-3-5-14)17-10-11-21-12-19(17)22;1-7(2,3)5-4-6;;/h1-5,8,11,13H,6-7,9-10H2,(H2,21,25);6-12,14H,1-5H2;1-3H3;;/q2*-1;;;. The summed E-state index contributed by atoms with van der Waals surface area (Å²) in [6, 6.07) is 19.4. The number of halogens is 2. The van der Waals surface area contributed by atoms with Gasteiger partial charge in [0.05, 0.1) is 0 Å². The maximum absolute atomic E-state index is 11.3. The van der Waals surface area contributed by atoms with E-state index in [1.807, 2.05) is 104 Å². The average molecular weight is 1150 g/mol. The van der Waals surface area contributed by atoms with Crippen LogP contribution in [0.15, 0.2) is 90.1 Å². The summed E-state index contributed by atoms with van der Waals surface area (Å²) in [4.78, 5) is 31.2. The number of hydrogen-bond donors (Lipinski definition) is 1. The minimum absolute atomic E-state index is 0. The van der Waals surface area contributed by atoms with E-state index < -0.39 is 8.24 Å². The Kier molecular flexibility index (Phi) is 16.9. The topological polar surface area (TPSA) is 111 Å². The molecule has 2 fully saturated rings. The van der Waals surface area contributed by atoms with Gasteiger partial charge in [0.1, 0.15) is 0 Å². The molecule has 0 bridgehead atoms. The zero-order chi connectivity index (χ0) is 38.2. The number of benzene rings is 2. The molecular formula is C42H45Cl2N7O2SiW2-2. The van der Waals surface area contributed by atoms with Crippen molar-refractivity contribution in [3.63, 3.8) is 0 Å². The van der Waals surface area contributed by atoms with Gasteiger partial charge in [-0.1, -0.05) is 127 Å². The number of carbonyl (C=O) groups excluding carboxylic acids is 2. The zero-order valence-corrected chi connectivity index (χ0v) is 40.1. The monoisotopic (exact) mass is 1150 g/mol. The Labute approximate surface area is 368 Å². The van der Waals surface area contributed by atoms with Gasteiger partial charge in [-0.15, -0.1) is 21.9 Å². The van der Waals surface area contributed by atoms with Crippen molar-refractivity contribution in [2.45, 2.75) is 76.4 Å². The molecule has 1 saturated carbocycles. The first-order valence-electron chi connectivity index (χ1n) is 18.4. The van der Waals surface area contributed by atoms with E-state index in [4.69, 9.17) is 28.9 Å². The van der Waals surface area contributed by atoms with Crippen molar-refractivity contribution >= 4 is 65.4 Å². The number of primary amides is 1. The second-order valence-corrected chi connectivity index (χ2v) is 20.2. The summed E-state index contributed by atoms with van der Waals surface area (Å²) in [5, 5.41) is 3.91. The summed E-state index contributed by atoms with van der Waals surface area (Å²) in [6.07, 6.45) is 24.6. The molecule has 6 aromatic rings.